The quantitative estimate of drug-likeness (QED) is 0.519. The van der Waals surface area contributed by atoms with Crippen LogP contribution in [0.25, 0.3) is 0 Å². The van der Waals surface area contributed by atoms with Gasteiger partial charge in [0.25, 0.3) is 0 Å². The smallest absolute Gasteiger partial charge is 0.172 e. The molecule has 0 aliphatic rings. The molecule has 4 heteroatoms. The van der Waals surface area contributed by atoms with E-state index in [-0.39, 0.29) is 0 Å². The van der Waals surface area contributed by atoms with Gasteiger partial charge in [0.1, 0.15) is 0 Å². The lowest BCUT2D eigenvalue weighted by atomic mass is 10.1. The molecule has 0 aromatic rings. The molecule has 0 aromatic carbocycles. The van der Waals surface area contributed by atoms with E-state index in [4.69, 9.17) is 0 Å². The second-order valence-corrected chi connectivity index (χ2v) is 4.94. The minimum Gasteiger partial charge on any atom is -0.172 e. The number of nitrogens with zero attached hydrogens (tertiary/aromatic N) is 1. The topological polar surface area (TPSA) is 46.5 Å². The second-order valence-electron chi connectivity index (χ2n) is 4.25. The first-order valence-corrected chi connectivity index (χ1v) is 7.57. The van der Waals surface area contributed by atoms with Crippen molar-refractivity contribution in [2.24, 2.45) is 4.36 Å². The van der Waals surface area contributed by atoms with Crippen LogP contribution in [0.2, 0.25) is 0 Å². The summed E-state index contributed by atoms with van der Waals surface area (Å²) in [6, 6.07) is 0. The van der Waals surface area contributed by atoms with Crippen LogP contribution in [-0.4, -0.2) is 15.0 Å². The molecule has 0 aliphatic carbocycles. The van der Waals surface area contributed by atoms with Gasteiger partial charge in [0, 0.05) is 0 Å². The maximum atomic E-state index is 10.1. The van der Waals surface area contributed by atoms with Crippen molar-refractivity contribution in [3.8, 4) is 0 Å². The van der Waals surface area contributed by atoms with Crippen LogP contribution in [0.1, 0.15) is 71.1 Å². The van der Waals surface area contributed by atoms with Crippen molar-refractivity contribution in [3.63, 3.8) is 0 Å². The Labute approximate surface area is 101 Å². The van der Waals surface area contributed by atoms with Crippen LogP contribution in [0.5, 0.6) is 0 Å². The molecule has 96 valence electrons. The minimum absolute atomic E-state index is 0.465. The van der Waals surface area contributed by atoms with E-state index in [2.05, 4.69) is 11.3 Å². The first kappa shape index (κ1) is 15.6. The van der Waals surface area contributed by atoms with Crippen molar-refractivity contribution in [1.82, 2.24) is 0 Å². The molecule has 0 spiro atoms. The van der Waals surface area contributed by atoms with Crippen LogP contribution in [0.4, 0.5) is 0 Å². The molecule has 0 fully saturated rings. The summed E-state index contributed by atoms with van der Waals surface area (Å²) >= 11 is 0. The number of unbranched alkanes of at least 4 members (excludes halogenated alkanes) is 9. The Kier molecular flexibility index (Phi) is 12.4. The lowest BCUT2D eigenvalue weighted by Crippen LogP contribution is -1.84. The Morgan fingerprint density at radius 1 is 0.750 bits per heavy atom. The number of hydrogen-bond acceptors (Lipinski definition) is 3. The summed E-state index contributed by atoms with van der Waals surface area (Å²) in [5, 5.41) is 0. The average Bonchev–Trinajstić information content (AvgIpc) is 2.25. The summed E-state index contributed by atoms with van der Waals surface area (Å²) < 4.78 is 23.6. The zero-order chi connectivity index (χ0) is 12.1. The van der Waals surface area contributed by atoms with Gasteiger partial charge < -0.3 is 0 Å². The Hall–Kier alpha value is -0.380. The van der Waals surface area contributed by atoms with E-state index in [0.717, 1.165) is 12.8 Å². The molecule has 3 nitrogen and oxygen atoms in total. The van der Waals surface area contributed by atoms with Gasteiger partial charge in [0.15, 0.2) is 0 Å². The van der Waals surface area contributed by atoms with Crippen molar-refractivity contribution in [1.29, 1.82) is 0 Å². The fraction of sp³-hybridized carbons (Fsp3) is 1.00. The highest BCUT2D eigenvalue weighted by molar-refractivity contribution is 7.61. The highest BCUT2D eigenvalue weighted by atomic mass is 32.2. The summed E-state index contributed by atoms with van der Waals surface area (Å²) in [5.74, 6) is 0. The number of rotatable bonds is 11. The van der Waals surface area contributed by atoms with Crippen LogP contribution in [0, 0.1) is 0 Å². The normalized spacial score (nSPS) is 10.3. The van der Waals surface area contributed by atoms with Crippen LogP contribution < -0.4 is 0 Å². The molecule has 0 N–H and O–H groups in total. The largest absolute Gasteiger partial charge is 0.311 e. The standard InChI is InChI=1S/C12H25NO2S/c1-2-3-4-5-6-7-8-9-10-11-12-13-16(14)15/h2-12H2,1H3. The summed E-state index contributed by atoms with van der Waals surface area (Å²) in [7, 11) is -2.20. The summed E-state index contributed by atoms with van der Waals surface area (Å²) in [5.41, 5.74) is 0. The maximum Gasteiger partial charge on any atom is 0.311 e. The van der Waals surface area contributed by atoms with Gasteiger partial charge in [-0.05, 0) is 6.42 Å². The summed E-state index contributed by atoms with van der Waals surface area (Å²) in [6.07, 6.45) is 12.6. The molecular formula is C12H25NO2S. The Bertz CT molecular complexity index is 252. The van der Waals surface area contributed by atoms with Crippen molar-refractivity contribution in [3.05, 3.63) is 0 Å². The minimum atomic E-state index is -2.20. The first-order chi connectivity index (χ1) is 7.77. The van der Waals surface area contributed by atoms with Gasteiger partial charge in [-0.15, -0.1) is 0 Å². The third-order valence-electron chi connectivity index (χ3n) is 2.71. The molecule has 16 heavy (non-hydrogen) atoms. The van der Waals surface area contributed by atoms with Gasteiger partial charge in [0.05, 0.1) is 6.54 Å². The van der Waals surface area contributed by atoms with Crippen molar-refractivity contribution < 1.29 is 8.42 Å². The highest BCUT2D eigenvalue weighted by Crippen LogP contribution is 2.10. The van der Waals surface area contributed by atoms with E-state index in [1.807, 2.05) is 0 Å². The van der Waals surface area contributed by atoms with Gasteiger partial charge in [-0.25, -0.2) is 0 Å². The van der Waals surface area contributed by atoms with E-state index in [1.165, 1.54) is 51.4 Å². The third kappa shape index (κ3) is 13.6. The van der Waals surface area contributed by atoms with Crippen LogP contribution in [0.3, 0.4) is 0 Å². The van der Waals surface area contributed by atoms with Gasteiger partial charge in [-0.1, -0.05) is 64.7 Å². The molecule has 0 aromatic heterocycles. The first-order valence-electron chi connectivity index (χ1n) is 6.54. The molecule has 0 bridgehead atoms. The zero-order valence-electron chi connectivity index (χ0n) is 10.5. The molecular weight excluding hydrogens is 222 g/mol. The predicted octanol–water partition coefficient (Wildman–Crippen LogP) is 3.97. The van der Waals surface area contributed by atoms with Crippen molar-refractivity contribution >= 4 is 10.5 Å². The number of hydrogen-bond donors (Lipinski definition) is 0. The maximum absolute atomic E-state index is 10.1. The van der Waals surface area contributed by atoms with Crippen LogP contribution in [0.15, 0.2) is 4.36 Å². The van der Waals surface area contributed by atoms with Gasteiger partial charge >= 0.3 is 10.5 Å². The Morgan fingerprint density at radius 3 is 1.62 bits per heavy atom. The molecule has 0 heterocycles. The lowest BCUT2D eigenvalue weighted by molar-refractivity contribution is 0.558. The van der Waals surface area contributed by atoms with Gasteiger partial charge in [-0.3, -0.25) is 0 Å². The molecule has 0 amide bonds. The fourth-order valence-electron chi connectivity index (χ4n) is 1.74. The Balaban J connectivity index is 3.01. The van der Waals surface area contributed by atoms with Gasteiger partial charge in [-0.2, -0.15) is 12.8 Å². The van der Waals surface area contributed by atoms with E-state index in [9.17, 15) is 8.42 Å². The monoisotopic (exact) mass is 247 g/mol. The van der Waals surface area contributed by atoms with E-state index in [1.54, 1.807) is 0 Å². The summed E-state index contributed by atoms with van der Waals surface area (Å²) in [4.78, 5) is 0. The molecule has 0 radical (unpaired) electrons. The lowest BCUT2D eigenvalue weighted by Gasteiger charge is -2.00. The predicted molar refractivity (Wildman–Crippen MR) is 68.1 cm³/mol. The molecule has 0 saturated heterocycles. The molecule has 0 atom stereocenters. The molecule has 0 saturated carbocycles. The van der Waals surface area contributed by atoms with Crippen molar-refractivity contribution in [2.75, 3.05) is 6.54 Å². The Morgan fingerprint density at radius 2 is 1.19 bits per heavy atom. The highest BCUT2D eigenvalue weighted by Gasteiger charge is 1.92. The average molecular weight is 247 g/mol. The van der Waals surface area contributed by atoms with Gasteiger partial charge in [0.2, 0.25) is 0 Å². The van der Waals surface area contributed by atoms with E-state index >= 15 is 0 Å². The summed E-state index contributed by atoms with van der Waals surface area (Å²) in [6.45, 7) is 2.70. The SMILES string of the molecule is CCCCCCCCCCCCN=S(=O)=O. The van der Waals surface area contributed by atoms with Crippen LogP contribution >= 0.6 is 0 Å². The van der Waals surface area contributed by atoms with E-state index in [0.29, 0.717) is 6.54 Å². The fourth-order valence-corrected chi connectivity index (χ4v) is 2.02. The van der Waals surface area contributed by atoms with Crippen LogP contribution in [-0.2, 0) is 10.5 Å². The third-order valence-corrected chi connectivity index (χ3v) is 3.10. The molecule has 0 aliphatic heterocycles. The molecule has 0 unspecified atom stereocenters. The zero-order valence-corrected chi connectivity index (χ0v) is 11.3. The van der Waals surface area contributed by atoms with Crippen molar-refractivity contribution in [2.45, 2.75) is 71.1 Å². The molecule has 0 rings (SSSR count). The van der Waals surface area contributed by atoms with E-state index < -0.39 is 10.5 Å². The second kappa shape index (κ2) is 12.7.